The molecule has 0 saturated carbocycles. The van der Waals surface area contributed by atoms with E-state index < -0.39 is 0 Å². The van der Waals surface area contributed by atoms with Gasteiger partial charge >= 0.3 is 0 Å². The molecule has 0 aromatic heterocycles. The van der Waals surface area contributed by atoms with Crippen LogP contribution in [0.5, 0.6) is 5.75 Å². The van der Waals surface area contributed by atoms with E-state index in [1.165, 1.54) is 0 Å². The van der Waals surface area contributed by atoms with Crippen LogP contribution in [-0.2, 0) is 0 Å². The Morgan fingerprint density at radius 3 is 2.63 bits per heavy atom. The van der Waals surface area contributed by atoms with Crippen molar-refractivity contribution in [2.75, 3.05) is 6.61 Å². The minimum Gasteiger partial charge on any atom is -0.494 e. The maximum absolute atomic E-state index is 6.64. The van der Waals surface area contributed by atoms with Crippen LogP contribution in [0.1, 0.15) is 23.4 Å². The number of benzene rings is 2. The predicted molar refractivity (Wildman–Crippen MR) is 92.2 cm³/mol. The summed E-state index contributed by atoms with van der Waals surface area (Å²) in [4.78, 5) is 0. The lowest BCUT2D eigenvalue weighted by molar-refractivity contribution is 0.337. The summed E-state index contributed by atoms with van der Waals surface area (Å²) >= 11 is 12.4. The molecule has 0 aliphatic heterocycles. The molecule has 2 aromatic carbocycles. The topological polar surface area (TPSA) is 9.23 Å². The van der Waals surface area contributed by atoms with Crippen LogP contribution in [0, 0.1) is 3.57 Å². The van der Waals surface area contributed by atoms with Crippen molar-refractivity contribution in [3.05, 3.63) is 61.6 Å². The minimum absolute atomic E-state index is 0.216. The summed E-state index contributed by atoms with van der Waals surface area (Å²) in [5.41, 5.74) is 2.09. The van der Waals surface area contributed by atoms with Gasteiger partial charge in [0.1, 0.15) is 5.75 Å². The molecule has 0 amide bonds. The van der Waals surface area contributed by atoms with Gasteiger partial charge in [-0.3, -0.25) is 0 Å². The van der Waals surface area contributed by atoms with Crippen molar-refractivity contribution in [2.45, 2.75) is 12.3 Å². The molecule has 0 bridgehead atoms. The molecule has 1 atom stereocenters. The van der Waals surface area contributed by atoms with E-state index in [1.54, 1.807) is 0 Å². The molecule has 19 heavy (non-hydrogen) atoms. The van der Waals surface area contributed by atoms with Crippen LogP contribution >= 0.6 is 50.1 Å². The molecule has 2 aromatic rings. The molecule has 2 rings (SSSR count). The Labute approximate surface area is 140 Å². The molecular formula is C15H13BrClIO. The average molecular weight is 452 g/mol. The van der Waals surface area contributed by atoms with Gasteiger partial charge in [-0.25, -0.2) is 0 Å². The van der Waals surface area contributed by atoms with Crippen molar-refractivity contribution in [1.82, 2.24) is 0 Å². The maximum atomic E-state index is 6.64. The van der Waals surface area contributed by atoms with Crippen molar-refractivity contribution >= 4 is 50.1 Å². The largest absolute Gasteiger partial charge is 0.494 e. The number of rotatable bonds is 4. The Bertz CT molecular complexity index is 574. The van der Waals surface area contributed by atoms with Crippen LogP contribution < -0.4 is 4.74 Å². The molecule has 100 valence electrons. The van der Waals surface area contributed by atoms with Gasteiger partial charge in [0.25, 0.3) is 0 Å². The quantitative estimate of drug-likeness (QED) is 0.423. The third kappa shape index (κ3) is 3.64. The molecule has 0 aliphatic carbocycles. The summed E-state index contributed by atoms with van der Waals surface area (Å²) in [5, 5.41) is -0.216. The first-order chi connectivity index (χ1) is 9.13. The standard InChI is InChI=1S/C15H13BrClIO/c1-2-19-14-8-7-10(16)9-12(14)15(17)11-5-3-4-6-13(11)18/h3-9,15H,2H2,1H3. The van der Waals surface area contributed by atoms with Gasteiger partial charge in [0.05, 0.1) is 12.0 Å². The molecule has 0 spiro atoms. The highest BCUT2D eigenvalue weighted by atomic mass is 127. The van der Waals surface area contributed by atoms with Crippen LogP contribution in [0.15, 0.2) is 46.9 Å². The molecule has 0 fully saturated rings. The van der Waals surface area contributed by atoms with Crippen LogP contribution in [0.25, 0.3) is 0 Å². The van der Waals surface area contributed by atoms with Gasteiger partial charge in [0.2, 0.25) is 0 Å². The van der Waals surface area contributed by atoms with Crippen molar-refractivity contribution in [3.8, 4) is 5.75 Å². The van der Waals surface area contributed by atoms with E-state index in [0.29, 0.717) is 6.61 Å². The van der Waals surface area contributed by atoms with E-state index in [4.69, 9.17) is 16.3 Å². The van der Waals surface area contributed by atoms with Crippen molar-refractivity contribution in [3.63, 3.8) is 0 Å². The van der Waals surface area contributed by atoms with Crippen molar-refractivity contribution in [2.24, 2.45) is 0 Å². The fourth-order valence-electron chi connectivity index (χ4n) is 1.85. The zero-order chi connectivity index (χ0) is 13.8. The lowest BCUT2D eigenvalue weighted by Crippen LogP contribution is -2.01. The summed E-state index contributed by atoms with van der Waals surface area (Å²) in [6, 6.07) is 14.1. The lowest BCUT2D eigenvalue weighted by atomic mass is 10.0. The normalized spacial score (nSPS) is 12.2. The molecule has 0 radical (unpaired) electrons. The van der Waals surface area contributed by atoms with Crippen LogP contribution in [0.3, 0.4) is 0 Å². The summed E-state index contributed by atoms with van der Waals surface area (Å²) in [6.07, 6.45) is 0. The third-order valence-electron chi connectivity index (χ3n) is 2.72. The number of alkyl halides is 1. The first kappa shape index (κ1) is 15.1. The van der Waals surface area contributed by atoms with Gasteiger partial charge in [-0.1, -0.05) is 34.1 Å². The Morgan fingerprint density at radius 2 is 1.95 bits per heavy atom. The van der Waals surface area contributed by atoms with Crippen molar-refractivity contribution < 1.29 is 4.74 Å². The summed E-state index contributed by atoms with van der Waals surface area (Å²) in [6.45, 7) is 2.60. The first-order valence-corrected chi connectivity index (χ1v) is 8.25. The van der Waals surface area contributed by atoms with Crippen LogP contribution in [-0.4, -0.2) is 6.61 Å². The van der Waals surface area contributed by atoms with E-state index in [-0.39, 0.29) is 5.38 Å². The Hall–Kier alpha value is -0.260. The summed E-state index contributed by atoms with van der Waals surface area (Å²) in [5.74, 6) is 0.838. The monoisotopic (exact) mass is 450 g/mol. The minimum atomic E-state index is -0.216. The van der Waals surface area contributed by atoms with E-state index in [9.17, 15) is 0 Å². The van der Waals surface area contributed by atoms with E-state index in [0.717, 1.165) is 24.9 Å². The molecule has 1 unspecified atom stereocenters. The van der Waals surface area contributed by atoms with Crippen LogP contribution in [0.2, 0.25) is 0 Å². The first-order valence-electron chi connectivity index (χ1n) is 5.94. The number of hydrogen-bond acceptors (Lipinski definition) is 1. The highest BCUT2D eigenvalue weighted by Crippen LogP contribution is 2.38. The molecule has 0 saturated heterocycles. The van der Waals surface area contributed by atoms with E-state index in [2.05, 4.69) is 50.7 Å². The fourth-order valence-corrected chi connectivity index (χ4v) is 3.47. The Balaban J connectivity index is 2.45. The zero-order valence-corrected chi connectivity index (χ0v) is 14.9. The van der Waals surface area contributed by atoms with Crippen LogP contribution in [0.4, 0.5) is 0 Å². The average Bonchev–Trinajstić information content (AvgIpc) is 2.41. The molecule has 0 N–H and O–H groups in total. The molecule has 0 heterocycles. The highest BCUT2D eigenvalue weighted by molar-refractivity contribution is 14.1. The smallest absolute Gasteiger partial charge is 0.124 e. The summed E-state index contributed by atoms with van der Waals surface area (Å²) < 4.78 is 7.82. The molecule has 1 nitrogen and oxygen atoms in total. The van der Waals surface area contributed by atoms with Gasteiger partial charge in [-0.2, -0.15) is 0 Å². The number of halogens is 3. The number of hydrogen-bond donors (Lipinski definition) is 0. The Morgan fingerprint density at radius 1 is 1.21 bits per heavy atom. The molecule has 0 aliphatic rings. The predicted octanol–water partition coefficient (Wildman–Crippen LogP) is 5.78. The lowest BCUT2D eigenvalue weighted by Gasteiger charge is -2.17. The van der Waals surface area contributed by atoms with Gasteiger partial charge in [0.15, 0.2) is 0 Å². The third-order valence-corrected chi connectivity index (χ3v) is 4.67. The Kier molecular flexibility index (Phi) is 5.54. The van der Waals surface area contributed by atoms with E-state index in [1.807, 2.05) is 37.3 Å². The van der Waals surface area contributed by atoms with Gasteiger partial charge < -0.3 is 4.74 Å². The van der Waals surface area contributed by atoms with Gasteiger partial charge in [-0.15, -0.1) is 11.6 Å². The molecule has 4 heteroatoms. The summed E-state index contributed by atoms with van der Waals surface area (Å²) in [7, 11) is 0. The van der Waals surface area contributed by atoms with Crippen molar-refractivity contribution in [1.29, 1.82) is 0 Å². The van der Waals surface area contributed by atoms with Gasteiger partial charge in [-0.05, 0) is 59.3 Å². The highest BCUT2D eigenvalue weighted by Gasteiger charge is 2.18. The zero-order valence-electron chi connectivity index (χ0n) is 10.4. The fraction of sp³-hybridized carbons (Fsp3) is 0.200. The SMILES string of the molecule is CCOc1ccc(Br)cc1C(Cl)c1ccccc1I. The van der Waals surface area contributed by atoms with Gasteiger partial charge in [0, 0.05) is 13.6 Å². The second kappa shape index (κ2) is 6.95. The number of ether oxygens (including phenoxy) is 1. The molecular weight excluding hydrogens is 438 g/mol. The maximum Gasteiger partial charge on any atom is 0.124 e. The van der Waals surface area contributed by atoms with E-state index >= 15 is 0 Å². The second-order valence-electron chi connectivity index (χ2n) is 4.00. The second-order valence-corrected chi connectivity index (χ2v) is 6.51.